The number of aliphatic hydroxyl groups is 1. The van der Waals surface area contributed by atoms with Gasteiger partial charge in [0.2, 0.25) is 0 Å². The van der Waals surface area contributed by atoms with Gasteiger partial charge >= 0.3 is 11.9 Å². The van der Waals surface area contributed by atoms with Crippen LogP contribution in [0.15, 0.2) is 35.5 Å². The summed E-state index contributed by atoms with van der Waals surface area (Å²) in [5.41, 5.74) is 1.59. The Hall–Kier alpha value is -1.88. The Labute approximate surface area is 116 Å². The Morgan fingerprint density at radius 1 is 1.30 bits per heavy atom. The maximum Gasteiger partial charge on any atom is 0.337 e. The molecule has 0 radical (unpaired) electrons. The molecule has 3 rings (SSSR count). The van der Waals surface area contributed by atoms with E-state index < -0.39 is 24.1 Å². The van der Waals surface area contributed by atoms with Gasteiger partial charge in [0.25, 0.3) is 0 Å². The first-order chi connectivity index (χ1) is 9.47. The van der Waals surface area contributed by atoms with Gasteiger partial charge < -0.3 is 14.6 Å². The first-order valence-electron chi connectivity index (χ1n) is 6.63. The fraction of sp³-hybridized carbons (Fsp3) is 0.467. The van der Waals surface area contributed by atoms with E-state index in [4.69, 9.17) is 9.47 Å². The number of hydrogen-bond acceptors (Lipinski definition) is 5. The average molecular weight is 276 g/mol. The molecule has 0 aromatic carbocycles. The number of carbonyl (C=O) groups is 2. The lowest BCUT2D eigenvalue weighted by atomic mass is 9.86. The Bertz CT molecular complexity index is 557. The van der Waals surface area contributed by atoms with Gasteiger partial charge in [0.15, 0.2) is 0 Å². The highest BCUT2D eigenvalue weighted by Gasteiger charge is 2.47. The third-order valence-corrected chi connectivity index (χ3v) is 4.07. The fourth-order valence-corrected chi connectivity index (χ4v) is 2.96. The summed E-state index contributed by atoms with van der Waals surface area (Å²) in [6, 6.07) is 0. The van der Waals surface area contributed by atoms with Crippen molar-refractivity contribution in [3.63, 3.8) is 0 Å². The predicted octanol–water partition coefficient (Wildman–Crippen LogP) is 1.04. The van der Waals surface area contributed by atoms with Crippen LogP contribution >= 0.6 is 0 Å². The largest absolute Gasteiger partial charge is 0.458 e. The summed E-state index contributed by atoms with van der Waals surface area (Å²) in [6.07, 6.45) is 2.56. The molecule has 1 saturated heterocycles. The van der Waals surface area contributed by atoms with E-state index in [1.165, 1.54) is 0 Å². The van der Waals surface area contributed by atoms with Gasteiger partial charge in [-0.25, -0.2) is 9.59 Å². The molecular formula is C15H16O5. The molecule has 1 N–H and O–H groups in total. The van der Waals surface area contributed by atoms with Crippen LogP contribution in [0.3, 0.4) is 0 Å². The highest BCUT2D eigenvalue weighted by atomic mass is 16.6. The molecule has 0 aromatic heterocycles. The van der Waals surface area contributed by atoms with Gasteiger partial charge in [0, 0.05) is 12.0 Å². The standard InChI is InChI=1S/C15H16O5/c1-7-3-4-10(16)9-6-12(20-15(9)18)13-8(2)14(17)19-11(13)5-7/h3,6,10-13,16H,2,4-5H2,1H3/b7-3+/t10-,11-,12+,13+/m0/s1. The Balaban J connectivity index is 2.02. The van der Waals surface area contributed by atoms with Gasteiger partial charge in [0.1, 0.15) is 12.2 Å². The number of aliphatic hydroxyl groups excluding tert-OH is 1. The number of carbonyl (C=O) groups excluding carboxylic acids is 2. The molecule has 0 spiro atoms. The van der Waals surface area contributed by atoms with Crippen molar-refractivity contribution in [1.29, 1.82) is 0 Å². The lowest BCUT2D eigenvalue weighted by Crippen LogP contribution is -2.29. The summed E-state index contributed by atoms with van der Waals surface area (Å²) >= 11 is 0. The highest BCUT2D eigenvalue weighted by Crippen LogP contribution is 2.38. The first-order valence-corrected chi connectivity index (χ1v) is 6.63. The summed E-state index contributed by atoms with van der Waals surface area (Å²) in [4.78, 5) is 23.5. The summed E-state index contributed by atoms with van der Waals surface area (Å²) in [6.45, 7) is 5.67. The van der Waals surface area contributed by atoms with Crippen LogP contribution in [0.25, 0.3) is 0 Å². The Kier molecular flexibility index (Phi) is 3.01. The van der Waals surface area contributed by atoms with E-state index in [-0.39, 0.29) is 17.6 Å². The van der Waals surface area contributed by atoms with E-state index >= 15 is 0 Å². The van der Waals surface area contributed by atoms with Crippen LogP contribution in [0.2, 0.25) is 0 Å². The van der Waals surface area contributed by atoms with E-state index in [0.29, 0.717) is 18.4 Å². The van der Waals surface area contributed by atoms with Crippen LogP contribution < -0.4 is 0 Å². The van der Waals surface area contributed by atoms with Crippen LogP contribution in [0, 0.1) is 5.92 Å². The SMILES string of the molecule is C=C1C(=O)O[C@H]2C/C(C)=C/C[C@H](O)C3=C[C@@H](OC3=O)[C@H]12. The Morgan fingerprint density at radius 2 is 2.05 bits per heavy atom. The monoisotopic (exact) mass is 276 g/mol. The smallest absolute Gasteiger partial charge is 0.337 e. The molecule has 2 heterocycles. The van der Waals surface area contributed by atoms with Crippen LogP contribution in [-0.2, 0) is 19.1 Å². The molecule has 0 aromatic rings. The molecule has 20 heavy (non-hydrogen) atoms. The predicted molar refractivity (Wildman–Crippen MR) is 69.5 cm³/mol. The topological polar surface area (TPSA) is 72.8 Å². The number of esters is 2. The van der Waals surface area contributed by atoms with Crippen LogP contribution in [-0.4, -0.2) is 35.4 Å². The molecule has 106 valence electrons. The van der Waals surface area contributed by atoms with Crippen molar-refractivity contribution in [3.8, 4) is 0 Å². The second-order valence-electron chi connectivity index (χ2n) is 5.49. The molecule has 5 heteroatoms. The van der Waals surface area contributed by atoms with Crippen LogP contribution in [0.1, 0.15) is 19.8 Å². The van der Waals surface area contributed by atoms with Crippen LogP contribution in [0.4, 0.5) is 0 Å². The number of rotatable bonds is 0. The molecule has 3 aliphatic rings. The summed E-state index contributed by atoms with van der Waals surface area (Å²) in [7, 11) is 0. The third-order valence-electron chi connectivity index (χ3n) is 4.07. The second-order valence-corrected chi connectivity index (χ2v) is 5.49. The Morgan fingerprint density at radius 3 is 2.80 bits per heavy atom. The zero-order valence-corrected chi connectivity index (χ0v) is 11.2. The molecule has 1 aliphatic carbocycles. The second kappa shape index (κ2) is 4.59. The van der Waals surface area contributed by atoms with Gasteiger partial charge in [-0.15, -0.1) is 0 Å². The molecule has 1 fully saturated rings. The quantitative estimate of drug-likeness (QED) is 0.406. The van der Waals surface area contributed by atoms with E-state index in [1.54, 1.807) is 6.08 Å². The van der Waals surface area contributed by atoms with Gasteiger partial charge in [-0.3, -0.25) is 0 Å². The minimum Gasteiger partial charge on any atom is -0.458 e. The summed E-state index contributed by atoms with van der Waals surface area (Å²) in [5.74, 6) is -1.34. The highest BCUT2D eigenvalue weighted by molar-refractivity contribution is 5.94. The zero-order valence-electron chi connectivity index (χ0n) is 11.2. The first kappa shape index (κ1) is 13.1. The molecular weight excluding hydrogens is 260 g/mol. The van der Waals surface area contributed by atoms with Gasteiger partial charge in [0.05, 0.1) is 17.6 Å². The molecule has 2 bridgehead atoms. The number of fused-ring (bicyclic) bond motifs is 3. The van der Waals surface area contributed by atoms with Crippen LogP contribution in [0.5, 0.6) is 0 Å². The summed E-state index contributed by atoms with van der Waals surface area (Å²) in [5, 5.41) is 10.0. The van der Waals surface area contributed by atoms with Crippen molar-refractivity contribution in [2.24, 2.45) is 5.92 Å². The normalized spacial score (nSPS) is 39.4. The molecule has 0 unspecified atom stereocenters. The number of ether oxygens (including phenoxy) is 2. The lowest BCUT2D eigenvalue weighted by Gasteiger charge is -2.22. The fourth-order valence-electron chi connectivity index (χ4n) is 2.96. The van der Waals surface area contributed by atoms with Gasteiger partial charge in [-0.1, -0.05) is 18.2 Å². The van der Waals surface area contributed by atoms with E-state index in [2.05, 4.69) is 6.58 Å². The van der Waals surface area contributed by atoms with E-state index in [9.17, 15) is 14.7 Å². The van der Waals surface area contributed by atoms with Crippen molar-refractivity contribution in [3.05, 3.63) is 35.5 Å². The zero-order chi connectivity index (χ0) is 14.4. The molecule has 0 saturated carbocycles. The van der Waals surface area contributed by atoms with Crippen molar-refractivity contribution >= 4 is 11.9 Å². The van der Waals surface area contributed by atoms with E-state index in [0.717, 1.165) is 5.57 Å². The minimum atomic E-state index is -0.870. The maximum atomic E-state index is 11.8. The molecule has 4 atom stereocenters. The molecule has 5 nitrogen and oxygen atoms in total. The lowest BCUT2D eigenvalue weighted by molar-refractivity contribution is -0.143. The maximum absolute atomic E-state index is 11.8. The van der Waals surface area contributed by atoms with E-state index in [1.807, 2.05) is 13.0 Å². The minimum absolute atomic E-state index is 0.256. The van der Waals surface area contributed by atoms with Crippen molar-refractivity contribution in [2.45, 2.75) is 38.1 Å². The average Bonchev–Trinajstić information content (AvgIpc) is 2.88. The molecule has 0 amide bonds. The summed E-state index contributed by atoms with van der Waals surface area (Å²) < 4.78 is 10.6. The third kappa shape index (κ3) is 1.98. The van der Waals surface area contributed by atoms with Crippen molar-refractivity contribution in [1.82, 2.24) is 0 Å². The van der Waals surface area contributed by atoms with Crippen molar-refractivity contribution in [2.75, 3.05) is 0 Å². The van der Waals surface area contributed by atoms with Gasteiger partial charge in [-0.05, 0) is 19.4 Å². The number of hydrogen-bond donors (Lipinski definition) is 1. The molecule has 2 aliphatic heterocycles. The van der Waals surface area contributed by atoms with Crippen molar-refractivity contribution < 1.29 is 24.2 Å². The van der Waals surface area contributed by atoms with Gasteiger partial charge in [-0.2, -0.15) is 0 Å².